The first-order valence-corrected chi connectivity index (χ1v) is 8.06. The normalized spacial score (nSPS) is 22.2. The largest absolute Gasteiger partial charge is 0.383 e. The average molecular weight is 308 g/mol. The van der Waals surface area contributed by atoms with Crippen LogP contribution in [0.25, 0.3) is 0 Å². The Labute approximate surface area is 131 Å². The molecule has 0 unspecified atom stereocenters. The quantitative estimate of drug-likeness (QED) is 0.851. The van der Waals surface area contributed by atoms with Gasteiger partial charge in [0.15, 0.2) is 0 Å². The van der Waals surface area contributed by atoms with Gasteiger partial charge in [-0.2, -0.15) is 0 Å². The van der Waals surface area contributed by atoms with Gasteiger partial charge in [-0.15, -0.1) is 0 Å². The predicted octanol–water partition coefficient (Wildman–Crippen LogP) is 2.14. The molecular weight excluding hydrogens is 283 g/mol. The third-order valence-corrected chi connectivity index (χ3v) is 5.00. The molecule has 1 aromatic rings. The van der Waals surface area contributed by atoms with E-state index in [0.29, 0.717) is 0 Å². The van der Waals surface area contributed by atoms with Gasteiger partial charge in [-0.25, -0.2) is 4.39 Å². The van der Waals surface area contributed by atoms with Crippen molar-refractivity contribution in [2.75, 3.05) is 58.0 Å². The number of hydrogen-bond donors (Lipinski definition) is 0. The molecular formula is C17H25FN2O2. The van der Waals surface area contributed by atoms with Crippen molar-refractivity contribution in [3.8, 4) is 0 Å². The number of ether oxygens (including phenoxy) is 2. The van der Waals surface area contributed by atoms with Gasteiger partial charge >= 0.3 is 0 Å². The molecule has 122 valence electrons. The van der Waals surface area contributed by atoms with Gasteiger partial charge < -0.3 is 14.4 Å². The standard InChI is InChI=1S/C17H25FN2O2/c1-21-12-10-20-11-13-22-14-17(20)6-8-19(9-7-17)16-4-2-15(18)3-5-16/h2-5H,6-14H2,1H3. The fourth-order valence-corrected chi connectivity index (χ4v) is 3.61. The zero-order valence-electron chi connectivity index (χ0n) is 13.3. The molecule has 2 aliphatic heterocycles. The lowest BCUT2D eigenvalue weighted by Gasteiger charge is -2.51. The smallest absolute Gasteiger partial charge is 0.123 e. The number of anilines is 1. The first-order valence-electron chi connectivity index (χ1n) is 8.06. The van der Waals surface area contributed by atoms with E-state index in [1.54, 1.807) is 7.11 Å². The van der Waals surface area contributed by atoms with E-state index in [9.17, 15) is 4.39 Å². The maximum absolute atomic E-state index is 13.1. The van der Waals surface area contributed by atoms with Crippen molar-refractivity contribution in [1.82, 2.24) is 4.90 Å². The van der Waals surface area contributed by atoms with Crippen molar-refractivity contribution >= 4 is 5.69 Å². The lowest BCUT2D eigenvalue weighted by molar-refractivity contribution is -0.0857. The third kappa shape index (κ3) is 3.26. The number of benzene rings is 1. The summed E-state index contributed by atoms with van der Waals surface area (Å²) in [4.78, 5) is 4.88. The summed E-state index contributed by atoms with van der Waals surface area (Å²) in [5.74, 6) is -0.177. The maximum atomic E-state index is 13.1. The molecule has 0 bridgehead atoms. The van der Waals surface area contributed by atoms with Crippen LogP contribution in [0.15, 0.2) is 24.3 Å². The number of hydrogen-bond acceptors (Lipinski definition) is 4. The molecule has 1 spiro atoms. The minimum atomic E-state index is -0.177. The van der Waals surface area contributed by atoms with Gasteiger partial charge in [0.1, 0.15) is 5.82 Å². The summed E-state index contributed by atoms with van der Waals surface area (Å²) >= 11 is 0. The van der Waals surface area contributed by atoms with Crippen LogP contribution < -0.4 is 4.90 Å². The Morgan fingerprint density at radius 1 is 1.18 bits per heavy atom. The van der Waals surface area contributed by atoms with Gasteiger partial charge in [-0.05, 0) is 37.1 Å². The number of halogens is 1. The Bertz CT molecular complexity index is 472. The zero-order valence-corrected chi connectivity index (χ0v) is 13.3. The van der Waals surface area contributed by atoms with Crippen LogP contribution in [-0.4, -0.2) is 63.5 Å². The van der Waals surface area contributed by atoms with Crippen molar-refractivity contribution in [2.24, 2.45) is 0 Å². The summed E-state index contributed by atoms with van der Waals surface area (Å²) in [7, 11) is 1.75. The highest BCUT2D eigenvalue weighted by Crippen LogP contribution is 2.33. The molecule has 2 fully saturated rings. The fraction of sp³-hybridized carbons (Fsp3) is 0.647. The van der Waals surface area contributed by atoms with Gasteiger partial charge in [0, 0.05) is 44.5 Å². The summed E-state index contributed by atoms with van der Waals surface area (Å²) in [5.41, 5.74) is 1.25. The first-order chi connectivity index (χ1) is 10.7. The van der Waals surface area contributed by atoms with Crippen molar-refractivity contribution in [1.29, 1.82) is 0 Å². The summed E-state index contributed by atoms with van der Waals surface area (Å²) in [6.45, 7) is 6.32. The van der Waals surface area contributed by atoms with Crippen LogP contribution in [0.5, 0.6) is 0 Å². The molecule has 0 aliphatic carbocycles. The van der Waals surface area contributed by atoms with E-state index in [1.807, 2.05) is 12.1 Å². The monoisotopic (exact) mass is 308 g/mol. The molecule has 0 atom stereocenters. The van der Waals surface area contributed by atoms with Crippen LogP contribution in [-0.2, 0) is 9.47 Å². The van der Waals surface area contributed by atoms with E-state index in [4.69, 9.17) is 9.47 Å². The Morgan fingerprint density at radius 2 is 1.91 bits per heavy atom. The summed E-state index contributed by atoms with van der Waals surface area (Å²) in [6, 6.07) is 6.81. The van der Waals surface area contributed by atoms with Crippen LogP contribution >= 0.6 is 0 Å². The molecule has 0 aromatic heterocycles. The fourth-order valence-electron chi connectivity index (χ4n) is 3.61. The molecule has 2 saturated heterocycles. The molecule has 0 saturated carbocycles. The molecule has 1 aromatic carbocycles. The number of methoxy groups -OCH3 is 1. The van der Waals surface area contributed by atoms with Gasteiger partial charge in [0.2, 0.25) is 0 Å². The van der Waals surface area contributed by atoms with E-state index in [0.717, 1.165) is 64.5 Å². The predicted molar refractivity (Wildman–Crippen MR) is 84.8 cm³/mol. The van der Waals surface area contributed by atoms with E-state index in [1.165, 1.54) is 12.1 Å². The molecule has 22 heavy (non-hydrogen) atoms. The zero-order chi connectivity index (χ0) is 15.4. The second kappa shape index (κ2) is 6.94. The highest BCUT2D eigenvalue weighted by atomic mass is 19.1. The highest BCUT2D eigenvalue weighted by molar-refractivity contribution is 5.46. The maximum Gasteiger partial charge on any atom is 0.123 e. The number of morpholine rings is 1. The minimum Gasteiger partial charge on any atom is -0.383 e. The van der Waals surface area contributed by atoms with E-state index in [-0.39, 0.29) is 11.4 Å². The SMILES string of the molecule is COCCN1CCOCC12CCN(c1ccc(F)cc1)CC2. The van der Waals surface area contributed by atoms with Crippen LogP contribution in [0.3, 0.4) is 0 Å². The highest BCUT2D eigenvalue weighted by Gasteiger charge is 2.41. The van der Waals surface area contributed by atoms with E-state index >= 15 is 0 Å². The third-order valence-electron chi connectivity index (χ3n) is 5.00. The molecule has 2 aliphatic rings. The number of piperidine rings is 1. The van der Waals surface area contributed by atoms with Crippen LogP contribution in [0, 0.1) is 5.82 Å². The Morgan fingerprint density at radius 3 is 2.59 bits per heavy atom. The molecule has 0 amide bonds. The summed E-state index contributed by atoms with van der Waals surface area (Å²) in [5, 5.41) is 0. The van der Waals surface area contributed by atoms with E-state index in [2.05, 4.69) is 9.80 Å². The van der Waals surface area contributed by atoms with Crippen molar-refractivity contribution in [3.05, 3.63) is 30.1 Å². The summed E-state index contributed by atoms with van der Waals surface area (Å²) < 4.78 is 24.1. The Balaban J connectivity index is 1.64. The van der Waals surface area contributed by atoms with Gasteiger partial charge in [0.05, 0.1) is 19.8 Å². The number of nitrogens with zero attached hydrogens (tertiary/aromatic N) is 2. The molecule has 0 N–H and O–H groups in total. The first kappa shape index (κ1) is 15.7. The molecule has 2 heterocycles. The van der Waals surface area contributed by atoms with Crippen molar-refractivity contribution < 1.29 is 13.9 Å². The second-order valence-electron chi connectivity index (χ2n) is 6.22. The Hall–Kier alpha value is -1.17. The van der Waals surface area contributed by atoms with Gasteiger partial charge in [-0.3, -0.25) is 4.90 Å². The van der Waals surface area contributed by atoms with Crippen LogP contribution in [0.4, 0.5) is 10.1 Å². The van der Waals surface area contributed by atoms with Gasteiger partial charge in [0.25, 0.3) is 0 Å². The summed E-state index contributed by atoms with van der Waals surface area (Å²) in [6.07, 6.45) is 2.15. The van der Waals surface area contributed by atoms with Crippen LogP contribution in [0.1, 0.15) is 12.8 Å². The van der Waals surface area contributed by atoms with Crippen LogP contribution in [0.2, 0.25) is 0 Å². The molecule has 3 rings (SSSR count). The van der Waals surface area contributed by atoms with E-state index < -0.39 is 0 Å². The average Bonchev–Trinajstić information content (AvgIpc) is 2.56. The molecule has 4 nitrogen and oxygen atoms in total. The number of rotatable bonds is 4. The van der Waals surface area contributed by atoms with Crippen molar-refractivity contribution in [2.45, 2.75) is 18.4 Å². The molecule has 5 heteroatoms. The topological polar surface area (TPSA) is 24.9 Å². The lowest BCUT2D eigenvalue weighted by Crippen LogP contribution is -2.62. The van der Waals surface area contributed by atoms with Gasteiger partial charge in [-0.1, -0.05) is 0 Å². The Kier molecular flexibility index (Phi) is 4.96. The second-order valence-corrected chi connectivity index (χ2v) is 6.22. The minimum absolute atomic E-state index is 0.146. The molecule has 0 radical (unpaired) electrons. The van der Waals surface area contributed by atoms with Crippen molar-refractivity contribution in [3.63, 3.8) is 0 Å². The lowest BCUT2D eigenvalue weighted by atomic mass is 9.85.